The van der Waals surface area contributed by atoms with E-state index in [9.17, 15) is 4.79 Å². The van der Waals surface area contributed by atoms with Gasteiger partial charge in [0.15, 0.2) is 0 Å². The van der Waals surface area contributed by atoms with Gasteiger partial charge in [-0.3, -0.25) is 0 Å². The number of aromatic carboxylic acids is 1. The summed E-state index contributed by atoms with van der Waals surface area (Å²) in [7, 11) is 1.49. The lowest BCUT2D eigenvalue weighted by Crippen LogP contribution is -2.02. The van der Waals surface area contributed by atoms with Gasteiger partial charge in [0, 0.05) is 17.8 Å². The maximum Gasteiger partial charge on any atom is 0.337 e. The number of carbonyl (C=O) groups is 1. The Balaban J connectivity index is 2.32. The summed E-state index contributed by atoms with van der Waals surface area (Å²) >= 11 is 0. The highest BCUT2D eigenvalue weighted by Gasteiger charge is 2.10. The van der Waals surface area contributed by atoms with E-state index in [2.05, 4.69) is 0 Å². The predicted octanol–water partition coefficient (Wildman–Crippen LogP) is 2.64. The Kier molecular flexibility index (Phi) is 3.95. The van der Waals surface area contributed by atoms with E-state index in [4.69, 9.17) is 25.6 Å². The van der Waals surface area contributed by atoms with Crippen molar-refractivity contribution in [3.63, 3.8) is 0 Å². The van der Waals surface area contributed by atoms with Gasteiger partial charge < -0.3 is 20.3 Å². The van der Waals surface area contributed by atoms with Gasteiger partial charge in [-0.15, -0.1) is 0 Å². The van der Waals surface area contributed by atoms with Crippen LogP contribution in [0.2, 0.25) is 0 Å². The summed E-state index contributed by atoms with van der Waals surface area (Å²) in [5, 5.41) is 17.9. The lowest BCUT2D eigenvalue weighted by atomic mass is 10.1. The Bertz CT molecular complexity index is 735. The molecule has 0 aliphatic rings. The fraction of sp³-hybridized carbons (Fsp3) is 0.0667. The number of carboxylic acid groups (broad SMARTS) is 1. The molecule has 0 saturated carbocycles. The van der Waals surface area contributed by atoms with E-state index < -0.39 is 5.97 Å². The Morgan fingerprint density at radius 1 is 1.19 bits per heavy atom. The van der Waals surface area contributed by atoms with Crippen LogP contribution in [0.3, 0.4) is 0 Å². The average molecular weight is 284 g/mol. The van der Waals surface area contributed by atoms with E-state index in [1.807, 2.05) is 6.07 Å². The van der Waals surface area contributed by atoms with Gasteiger partial charge in [0.05, 0.1) is 24.3 Å². The molecule has 0 amide bonds. The molecule has 6 heteroatoms. The highest BCUT2D eigenvalue weighted by molar-refractivity contribution is 5.93. The second kappa shape index (κ2) is 5.84. The smallest absolute Gasteiger partial charge is 0.337 e. The van der Waals surface area contributed by atoms with Crippen molar-refractivity contribution in [3.05, 3.63) is 47.5 Å². The number of ether oxygens (including phenoxy) is 2. The second-order valence-corrected chi connectivity index (χ2v) is 4.17. The summed E-state index contributed by atoms with van der Waals surface area (Å²) in [6.07, 6.45) is 0. The Labute approximate surface area is 120 Å². The average Bonchev–Trinajstić information content (AvgIpc) is 2.46. The first-order valence-corrected chi connectivity index (χ1v) is 5.93. The van der Waals surface area contributed by atoms with E-state index in [-0.39, 0.29) is 11.3 Å². The van der Waals surface area contributed by atoms with Crippen molar-refractivity contribution in [3.8, 4) is 23.3 Å². The molecule has 2 rings (SSSR count). The molecule has 3 N–H and O–H groups in total. The second-order valence-electron chi connectivity index (χ2n) is 4.17. The summed E-state index contributed by atoms with van der Waals surface area (Å²) < 4.78 is 10.7. The topological polar surface area (TPSA) is 106 Å². The highest BCUT2D eigenvalue weighted by atomic mass is 16.5. The molecule has 0 fully saturated rings. The SMILES string of the molecule is COc1cc(C#N)cc(Oc2ccc(C(=O)O)c(N)c2)c1. The van der Waals surface area contributed by atoms with E-state index in [1.165, 1.54) is 25.3 Å². The van der Waals surface area contributed by atoms with Crippen LogP contribution in [0.15, 0.2) is 36.4 Å². The Morgan fingerprint density at radius 3 is 2.48 bits per heavy atom. The monoisotopic (exact) mass is 284 g/mol. The molecular weight excluding hydrogens is 272 g/mol. The Morgan fingerprint density at radius 2 is 1.90 bits per heavy atom. The fourth-order valence-corrected chi connectivity index (χ4v) is 1.75. The number of rotatable bonds is 4. The molecule has 0 heterocycles. The van der Waals surface area contributed by atoms with Gasteiger partial charge in [-0.25, -0.2) is 4.79 Å². The third-order valence-electron chi connectivity index (χ3n) is 2.73. The summed E-state index contributed by atoms with van der Waals surface area (Å²) in [5.74, 6) is 0.148. The molecule has 2 aromatic rings. The zero-order valence-electron chi connectivity index (χ0n) is 11.2. The molecule has 2 aromatic carbocycles. The highest BCUT2D eigenvalue weighted by Crippen LogP contribution is 2.29. The third kappa shape index (κ3) is 3.22. The minimum absolute atomic E-state index is 0.00528. The van der Waals surface area contributed by atoms with Crippen molar-refractivity contribution < 1.29 is 19.4 Å². The van der Waals surface area contributed by atoms with Gasteiger partial charge in [-0.2, -0.15) is 5.26 Å². The molecule has 0 bridgehead atoms. The van der Waals surface area contributed by atoms with Crippen molar-refractivity contribution in [2.24, 2.45) is 0 Å². The lowest BCUT2D eigenvalue weighted by molar-refractivity contribution is 0.0698. The van der Waals surface area contributed by atoms with Crippen molar-refractivity contribution in [2.45, 2.75) is 0 Å². The zero-order valence-corrected chi connectivity index (χ0v) is 11.2. The van der Waals surface area contributed by atoms with Gasteiger partial charge in [0.2, 0.25) is 0 Å². The van der Waals surface area contributed by atoms with E-state index in [0.29, 0.717) is 22.8 Å². The number of hydrogen-bond donors (Lipinski definition) is 2. The maximum atomic E-state index is 10.9. The number of benzene rings is 2. The van der Waals surface area contributed by atoms with Gasteiger partial charge in [-0.1, -0.05) is 0 Å². The number of methoxy groups -OCH3 is 1. The molecule has 6 nitrogen and oxygen atoms in total. The maximum absolute atomic E-state index is 10.9. The van der Waals surface area contributed by atoms with Crippen LogP contribution in [0, 0.1) is 11.3 Å². The lowest BCUT2D eigenvalue weighted by Gasteiger charge is -2.09. The zero-order chi connectivity index (χ0) is 15.4. The van der Waals surface area contributed by atoms with Gasteiger partial charge >= 0.3 is 5.97 Å². The van der Waals surface area contributed by atoms with Crippen LogP contribution in [-0.2, 0) is 0 Å². The predicted molar refractivity (Wildman–Crippen MR) is 75.6 cm³/mol. The molecule has 0 aliphatic carbocycles. The van der Waals surface area contributed by atoms with Crippen molar-refractivity contribution in [2.75, 3.05) is 12.8 Å². The number of nitrogens with zero attached hydrogens (tertiary/aromatic N) is 1. The largest absolute Gasteiger partial charge is 0.497 e. The standard InChI is InChI=1S/C15H12N2O4/c1-20-11-4-9(8-16)5-12(6-11)21-10-2-3-13(15(18)19)14(17)7-10/h2-7H,17H2,1H3,(H,18,19). The van der Waals surface area contributed by atoms with Crippen LogP contribution in [0.25, 0.3) is 0 Å². The van der Waals surface area contributed by atoms with Gasteiger partial charge in [0.1, 0.15) is 17.2 Å². The first-order valence-electron chi connectivity index (χ1n) is 5.93. The molecule has 0 aliphatic heterocycles. The minimum atomic E-state index is -1.10. The van der Waals surface area contributed by atoms with Crippen molar-refractivity contribution in [1.29, 1.82) is 5.26 Å². The van der Waals surface area contributed by atoms with Crippen LogP contribution in [0.5, 0.6) is 17.2 Å². The number of nitrogen functional groups attached to an aromatic ring is 1. The van der Waals surface area contributed by atoms with Crippen LogP contribution >= 0.6 is 0 Å². The first-order chi connectivity index (χ1) is 10.0. The number of anilines is 1. The van der Waals surface area contributed by atoms with E-state index >= 15 is 0 Å². The summed E-state index contributed by atoms with van der Waals surface area (Å²) in [6.45, 7) is 0. The van der Waals surface area contributed by atoms with Crippen LogP contribution in [0.1, 0.15) is 15.9 Å². The van der Waals surface area contributed by atoms with E-state index in [0.717, 1.165) is 0 Å². The molecular formula is C15H12N2O4. The molecule has 0 spiro atoms. The normalized spacial score (nSPS) is 9.71. The quantitative estimate of drug-likeness (QED) is 0.836. The molecule has 0 atom stereocenters. The molecule has 0 saturated heterocycles. The number of hydrogen-bond acceptors (Lipinski definition) is 5. The third-order valence-corrected chi connectivity index (χ3v) is 2.73. The van der Waals surface area contributed by atoms with Gasteiger partial charge in [0.25, 0.3) is 0 Å². The van der Waals surface area contributed by atoms with Crippen molar-refractivity contribution >= 4 is 11.7 Å². The summed E-state index contributed by atoms with van der Waals surface area (Å²) in [5.41, 5.74) is 6.14. The molecule has 0 unspecified atom stereocenters. The first kappa shape index (κ1) is 14.2. The summed E-state index contributed by atoms with van der Waals surface area (Å²) in [6, 6.07) is 11.0. The number of nitrogens with two attached hydrogens (primary N) is 1. The van der Waals surface area contributed by atoms with Crippen LogP contribution in [0.4, 0.5) is 5.69 Å². The van der Waals surface area contributed by atoms with Gasteiger partial charge in [-0.05, 0) is 24.3 Å². The molecule has 0 radical (unpaired) electrons. The van der Waals surface area contributed by atoms with Crippen LogP contribution < -0.4 is 15.2 Å². The molecule has 0 aromatic heterocycles. The molecule has 106 valence electrons. The fourth-order valence-electron chi connectivity index (χ4n) is 1.75. The molecule has 21 heavy (non-hydrogen) atoms. The minimum Gasteiger partial charge on any atom is -0.497 e. The van der Waals surface area contributed by atoms with E-state index in [1.54, 1.807) is 18.2 Å². The van der Waals surface area contributed by atoms with Crippen molar-refractivity contribution in [1.82, 2.24) is 0 Å². The Hall–Kier alpha value is -3.20. The number of carboxylic acids is 1. The van der Waals surface area contributed by atoms with Crippen LogP contribution in [-0.4, -0.2) is 18.2 Å². The summed E-state index contributed by atoms with van der Waals surface area (Å²) in [4.78, 5) is 10.9. The number of nitriles is 1.